The molecule has 0 aromatic carbocycles. The lowest BCUT2D eigenvalue weighted by atomic mass is 9.85. The van der Waals surface area contributed by atoms with Crippen LogP contribution >= 0.6 is 0 Å². The Morgan fingerprint density at radius 2 is 1.77 bits per heavy atom. The highest BCUT2D eigenvalue weighted by molar-refractivity contribution is 5.91. The summed E-state index contributed by atoms with van der Waals surface area (Å²) in [4.78, 5) is 27.4. The molecule has 1 aliphatic carbocycles. The molecule has 0 spiro atoms. The molecule has 0 unspecified atom stereocenters. The zero-order valence-electron chi connectivity index (χ0n) is 12.6. The second-order valence-corrected chi connectivity index (χ2v) is 6.15. The van der Waals surface area contributed by atoms with Gasteiger partial charge in [-0.15, -0.1) is 0 Å². The number of aliphatic carboxylic acids is 1. The Morgan fingerprint density at radius 1 is 1.09 bits per heavy atom. The molecule has 120 valence electrons. The maximum absolute atomic E-state index is 12.2. The van der Waals surface area contributed by atoms with Gasteiger partial charge in [-0.3, -0.25) is 14.5 Å². The van der Waals surface area contributed by atoms with E-state index in [0.29, 0.717) is 24.9 Å². The van der Waals surface area contributed by atoms with Crippen LogP contribution in [0.4, 0.5) is 0 Å². The summed E-state index contributed by atoms with van der Waals surface area (Å²) in [5.74, 6) is -0.472. The minimum Gasteiger partial charge on any atom is -0.481 e. The Bertz CT molecular complexity index is 512. The van der Waals surface area contributed by atoms with Crippen LogP contribution in [0.3, 0.4) is 0 Å². The number of hydrogen-bond donors (Lipinski definition) is 1. The normalized spacial score (nSPS) is 26.8. The number of hydrogen-bond acceptors (Lipinski definition) is 4. The molecule has 0 bridgehead atoms. The standard InChI is InChI=1S/C16H22N2O4/c19-15(14-2-1-11-22-14)18-9-7-17(8-10-18)13-5-3-12(4-6-13)16(20)21/h1-2,11-13H,3-10H2,(H,20,21). The molecule has 1 saturated heterocycles. The fourth-order valence-corrected chi connectivity index (χ4v) is 3.53. The molecule has 2 aliphatic rings. The predicted octanol–water partition coefficient (Wildman–Crippen LogP) is 1.68. The van der Waals surface area contributed by atoms with Crippen molar-refractivity contribution in [3.8, 4) is 0 Å². The third-order valence-electron chi connectivity index (χ3n) is 4.90. The number of rotatable bonds is 3. The van der Waals surface area contributed by atoms with Crippen LogP contribution in [0.25, 0.3) is 0 Å². The van der Waals surface area contributed by atoms with Gasteiger partial charge in [0.15, 0.2) is 5.76 Å². The number of carboxylic acid groups (broad SMARTS) is 1. The van der Waals surface area contributed by atoms with Crippen LogP contribution in [0.15, 0.2) is 22.8 Å². The first-order valence-electron chi connectivity index (χ1n) is 7.95. The molecular weight excluding hydrogens is 284 g/mol. The average molecular weight is 306 g/mol. The van der Waals surface area contributed by atoms with Crippen LogP contribution in [0.2, 0.25) is 0 Å². The Balaban J connectivity index is 1.48. The Hall–Kier alpha value is -1.82. The second kappa shape index (κ2) is 6.52. The molecule has 6 heteroatoms. The Labute approximate surface area is 129 Å². The molecule has 1 N–H and O–H groups in total. The number of amides is 1. The van der Waals surface area contributed by atoms with Crippen LogP contribution in [0.5, 0.6) is 0 Å². The van der Waals surface area contributed by atoms with E-state index in [0.717, 1.165) is 38.8 Å². The first kappa shape index (κ1) is 15.1. The van der Waals surface area contributed by atoms with Crippen LogP contribution in [0.1, 0.15) is 36.2 Å². The summed E-state index contributed by atoms with van der Waals surface area (Å²) >= 11 is 0. The van der Waals surface area contributed by atoms with Crippen molar-refractivity contribution in [3.63, 3.8) is 0 Å². The lowest BCUT2D eigenvalue weighted by Crippen LogP contribution is -2.52. The quantitative estimate of drug-likeness (QED) is 0.919. The molecule has 6 nitrogen and oxygen atoms in total. The molecule has 1 aliphatic heterocycles. The third kappa shape index (κ3) is 3.16. The van der Waals surface area contributed by atoms with Gasteiger partial charge in [-0.25, -0.2) is 0 Å². The molecule has 1 aromatic heterocycles. The topological polar surface area (TPSA) is 74.0 Å². The fraction of sp³-hybridized carbons (Fsp3) is 0.625. The van der Waals surface area contributed by atoms with Gasteiger partial charge in [0.05, 0.1) is 12.2 Å². The molecule has 1 aromatic rings. The van der Waals surface area contributed by atoms with Crippen LogP contribution in [0, 0.1) is 5.92 Å². The average Bonchev–Trinajstić information content (AvgIpc) is 3.09. The molecule has 1 saturated carbocycles. The molecule has 1 amide bonds. The number of furan rings is 1. The first-order valence-corrected chi connectivity index (χ1v) is 7.95. The van der Waals surface area contributed by atoms with Gasteiger partial charge in [0.2, 0.25) is 0 Å². The van der Waals surface area contributed by atoms with E-state index in [1.54, 1.807) is 12.1 Å². The fourth-order valence-electron chi connectivity index (χ4n) is 3.53. The van der Waals surface area contributed by atoms with E-state index in [1.165, 1.54) is 6.26 Å². The molecule has 2 heterocycles. The minimum absolute atomic E-state index is 0.0424. The van der Waals surface area contributed by atoms with Crippen molar-refractivity contribution in [1.82, 2.24) is 9.80 Å². The maximum atomic E-state index is 12.2. The highest BCUT2D eigenvalue weighted by Crippen LogP contribution is 2.28. The molecule has 3 rings (SSSR count). The monoisotopic (exact) mass is 306 g/mol. The van der Waals surface area contributed by atoms with Gasteiger partial charge < -0.3 is 14.4 Å². The zero-order valence-corrected chi connectivity index (χ0v) is 12.6. The van der Waals surface area contributed by atoms with E-state index in [9.17, 15) is 9.59 Å². The van der Waals surface area contributed by atoms with E-state index in [-0.39, 0.29) is 11.8 Å². The summed E-state index contributed by atoms with van der Waals surface area (Å²) in [6.07, 6.45) is 4.95. The van der Waals surface area contributed by atoms with Gasteiger partial charge in [0.25, 0.3) is 5.91 Å². The molecule has 2 fully saturated rings. The van der Waals surface area contributed by atoms with E-state index < -0.39 is 5.97 Å². The van der Waals surface area contributed by atoms with E-state index >= 15 is 0 Å². The number of piperazine rings is 1. The smallest absolute Gasteiger partial charge is 0.306 e. The summed E-state index contributed by atoms with van der Waals surface area (Å²) in [6, 6.07) is 3.89. The predicted molar refractivity (Wildman–Crippen MR) is 79.6 cm³/mol. The Morgan fingerprint density at radius 3 is 2.32 bits per heavy atom. The van der Waals surface area contributed by atoms with Gasteiger partial charge in [-0.05, 0) is 37.8 Å². The maximum Gasteiger partial charge on any atom is 0.306 e. The summed E-state index contributed by atoms with van der Waals surface area (Å²) in [6.45, 7) is 3.13. The van der Waals surface area contributed by atoms with Crippen molar-refractivity contribution in [1.29, 1.82) is 0 Å². The van der Waals surface area contributed by atoms with Crippen molar-refractivity contribution in [2.45, 2.75) is 31.7 Å². The van der Waals surface area contributed by atoms with Crippen molar-refractivity contribution in [3.05, 3.63) is 24.2 Å². The van der Waals surface area contributed by atoms with Crippen molar-refractivity contribution in [2.24, 2.45) is 5.92 Å². The molecule has 0 radical (unpaired) electrons. The van der Waals surface area contributed by atoms with Crippen LogP contribution < -0.4 is 0 Å². The van der Waals surface area contributed by atoms with E-state index in [2.05, 4.69) is 4.90 Å². The SMILES string of the molecule is O=C(O)C1CCC(N2CCN(C(=O)c3ccco3)CC2)CC1. The summed E-state index contributed by atoms with van der Waals surface area (Å²) in [5.41, 5.74) is 0. The minimum atomic E-state index is -0.660. The van der Waals surface area contributed by atoms with Gasteiger partial charge in [0, 0.05) is 32.2 Å². The number of carboxylic acids is 1. The highest BCUT2D eigenvalue weighted by Gasteiger charge is 2.32. The summed E-state index contributed by atoms with van der Waals surface area (Å²) < 4.78 is 5.17. The molecule has 0 atom stereocenters. The highest BCUT2D eigenvalue weighted by atomic mass is 16.4. The van der Waals surface area contributed by atoms with Crippen LogP contribution in [-0.2, 0) is 4.79 Å². The van der Waals surface area contributed by atoms with Gasteiger partial charge in [-0.1, -0.05) is 0 Å². The lowest BCUT2D eigenvalue weighted by Gasteiger charge is -2.41. The van der Waals surface area contributed by atoms with Crippen LogP contribution in [-0.4, -0.2) is 59.0 Å². The summed E-state index contributed by atoms with van der Waals surface area (Å²) in [7, 11) is 0. The molecule has 22 heavy (non-hydrogen) atoms. The van der Waals surface area contributed by atoms with Crippen molar-refractivity contribution in [2.75, 3.05) is 26.2 Å². The Kier molecular flexibility index (Phi) is 4.47. The largest absolute Gasteiger partial charge is 0.481 e. The van der Waals surface area contributed by atoms with Crippen molar-refractivity contribution >= 4 is 11.9 Å². The van der Waals surface area contributed by atoms with E-state index in [4.69, 9.17) is 9.52 Å². The number of carbonyl (C=O) groups is 2. The van der Waals surface area contributed by atoms with Gasteiger partial charge in [-0.2, -0.15) is 0 Å². The summed E-state index contributed by atoms with van der Waals surface area (Å²) in [5, 5.41) is 9.05. The van der Waals surface area contributed by atoms with Gasteiger partial charge in [0.1, 0.15) is 0 Å². The number of carbonyl (C=O) groups excluding carboxylic acids is 1. The molecular formula is C16H22N2O4. The third-order valence-corrected chi connectivity index (χ3v) is 4.90. The second-order valence-electron chi connectivity index (χ2n) is 6.15. The van der Waals surface area contributed by atoms with Gasteiger partial charge >= 0.3 is 5.97 Å². The first-order chi connectivity index (χ1) is 10.6. The number of nitrogens with zero attached hydrogens (tertiary/aromatic N) is 2. The lowest BCUT2D eigenvalue weighted by molar-refractivity contribution is -0.143. The van der Waals surface area contributed by atoms with Crippen molar-refractivity contribution < 1.29 is 19.1 Å². The van der Waals surface area contributed by atoms with E-state index in [1.807, 2.05) is 4.90 Å². The zero-order chi connectivity index (χ0) is 15.5.